The Morgan fingerprint density at radius 1 is 1.39 bits per heavy atom. The normalized spacial score (nSPS) is 15.4. The van der Waals surface area contributed by atoms with Crippen molar-refractivity contribution in [2.24, 2.45) is 0 Å². The van der Waals surface area contributed by atoms with E-state index in [1.54, 1.807) is 12.1 Å². The van der Waals surface area contributed by atoms with E-state index in [1.165, 1.54) is 6.07 Å². The molecular formula is C14H20ClFOS. The Balaban J connectivity index is 2.93. The highest BCUT2D eigenvalue weighted by Gasteiger charge is 2.24. The molecule has 0 saturated heterocycles. The molecule has 2 atom stereocenters. The summed E-state index contributed by atoms with van der Waals surface area (Å²) in [5, 5.41) is 0.392. The van der Waals surface area contributed by atoms with Crippen LogP contribution >= 0.6 is 11.6 Å². The first-order chi connectivity index (χ1) is 8.25. The van der Waals surface area contributed by atoms with Gasteiger partial charge in [0, 0.05) is 26.3 Å². The molecule has 1 nitrogen and oxygen atoms in total. The lowest BCUT2D eigenvalue weighted by Gasteiger charge is -2.22. The minimum atomic E-state index is -0.981. The summed E-state index contributed by atoms with van der Waals surface area (Å²) in [5.41, 5.74) is 0.611. The summed E-state index contributed by atoms with van der Waals surface area (Å²) in [7, 11) is -0.981. The number of hydrogen-bond donors (Lipinski definition) is 0. The van der Waals surface area contributed by atoms with E-state index in [0.29, 0.717) is 16.3 Å². The molecule has 1 aromatic rings. The van der Waals surface area contributed by atoms with Crippen LogP contribution in [0.1, 0.15) is 45.6 Å². The van der Waals surface area contributed by atoms with Gasteiger partial charge in [-0.1, -0.05) is 24.6 Å². The SMILES string of the molecule is CC[C@H](C[S@](=O)C(C)(C)C)c1ccc(Cl)cc1F. The molecular weight excluding hydrogens is 271 g/mol. The van der Waals surface area contributed by atoms with Gasteiger partial charge >= 0.3 is 0 Å². The van der Waals surface area contributed by atoms with E-state index in [0.717, 1.165) is 6.42 Å². The van der Waals surface area contributed by atoms with Crippen molar-refractivity contribution in [3.05, 3.63) is 34.6 Å². The van der Waals surface area contributed by atoms with Gasteiger partial charge in [0.1, 0.15) is 5.82 Å². The van der Waals surface area contributed by atoms with E-state index in [1.807, 2.05) is 27.7 Å². The second-order valence-corrected chi connectivity index (χ2v) is 8.08. The third kappa shape index (κ3) is 4.06. The van der Waals surface area contributed by atoms with E-state index in [2.05, 4.69) is 0 Å². The summed E-state index contributed by atoms with van der Waals surface area (Å²) in [6.45, 7) is 7.80. The Hall–Kier alpha value is -0.410. The molecule has 4 heteroatoms. The summed E-state index contributed by atoms with van der Waals surface area (Å²) in [4.78, 5) is 0. The summed E-state index contributed by atoms with van der Waals surface area (Å²) in [5.74, 6) is 0.154. The zero-order chi connectivity index (χ0) is 13.9. The lowest BCUT2D eigenvalue weighted by atomic mass is 9.98. The topological polar surface area (TPSA) is 17.1 Å². The highest BCUT2D eigenvalue weighted by Crippen LogP contribution is 2.28. The first-order valence-electron chi connectivity index (χ1n) is 6.09. The molecule has 0 aromatic heterocycles. The lowest BCUT2D eigenvalue weighted by Crippen LogP contribution is -2.27. The van der Waals surface area contributed by atoms with Crippen LogP contribution in [0.4, 0.5) is 4.39 Å². The maximum Gasteiger partial charge on any atom is 0.128 e. The molecule has 0 N–H and O–H groups in total. The second-order valence-electron chi connectivity index (χ2n) is 5.40. The summed E-state index contributed by atoms with van der Waals surface area (Å²) in [6.07, 6.45) is 0.764. The van der Waals surface area contributed by atoms with Crippen LogP contribution in [0.3, 0.4) is 0 Å². The minimum Gasteiger partial charge on any atom is -0.259 e. The van der Waals surface area contributed by atoms with E-state index in [4.69, 9.17) is 11.6 Å². The van der Waals surface area contributed by atoms with Crippen LogP contribution < -0.4 is 0 Å². The highest BCUT2D eigenvalue weighted by atomic mass is 35.5. The standard InChI is InChI=1S/C14H20ClFOS/c1-5-10(9-18(17)14(2,3)4)12-7-6-11(15)8-13(12)16/h6-8,10H,5,9H2,1-4H3/t10-,18+/m1/s1. The van der Waals surface area contributed by atoms with Crippen molar-refractivity contribution in [3.8, 4) is 0 Å². The molecule has 1 aromatic carbocycles. The van der Waals surface area contributed by atoms with Crippen LogP contribution in [0.2, 0.25) is 5.02 Å². The van der Waals surface area contributed by atoms with Crippen LogP contribution in [0.15, 0.2) is 18.2 Å². The molecule has 1 rings (SSSR count). The van der Waals surface area contributed by atoms with Crippen LogP contribution in [-0.4, -0.2) is 14.7 Å². The quantitative estimate of drug-likeness (QED) is 0.797. The summed E-state index contributed by atoms with van der Waals surface area (Å²) < 4.78 is 25.7. The molecule has 18 heavy (non-hydrogen) atoms. The average molecular weight is 291 g/mol. The number of hydrogen-bond acceptors (Lipinski definition) is 1. The van der Waals surface area contributed by atoms with Crippen LogP contribution in [-0.2, 0) is 10.8 Å². The minimum absolute atomic E-state index is 0.0256. The molecule has 102 valence electrons. The van der Waals surface area contributed by atoms with Gasteiger partial charge in [-0.15, -0.1) is 0 Å². The van der Waals surface area contributed by atoms with Crippen molar-refractivity contribution in [2.75, 3.05) is 5.75 Å². The number of halogens is 2. The second kappa shape index (κ2) is 6.16. The fourth-order valence-corrected chi connectivity index (χ4v) is 3.13. The Kier molecular flexibility index (Phi) is 5.35. The Bertz CT molecular complexity index is 440. The molecule has 0 saturated carbocycles. The zero-order valence-corrected chi connectivity index (χ0v) is 12.9. The van der Waals surface area contributed by atoms with Crippen molar-refractivity contribution >= 4 is 22.4 Å². The fourth-order valence-electron chi connectivity index (χ4n) is 1.69. The van der Waals surface area contributed by atoms with Crippen molar-refractivity contribution in [1.29, 1.82) is 0 Å². The van der Waals surface area contributed by atoms with Gasteiger partial charge in [-0.25, -0.2) is 4.39 Å². The summed E-state index contributed by atoms with van der Waals surface area (Å²) in [6, 6.07) is 4.70. The Morgan fingerprint density at radius 3 is 2.44 bits per heavy atom. The molecule has 0 heterocycles. The maximum absolute atomic E-state index is 13.9. The van der Waals surface area contributed by atoms with Gasteiger partial charge in [0.2, 0.25) is 0 Å². The molecule has 0 aliphatic heterocycles. The van der Waals surface area contributed by atoms with Gasteiger partial charge in [-0.2, -0.15) is 0 Å². The third-order valence-electron chi connectivity index (χ3n) is 2.93. The molecule has 0 radical (unpaired) electrons. The summed E-state index contributed by atoms with van der Waals surface area (Å²) >= 11 is 5.74. The van der Waals surface area contributed by atoms with Crippen LogP contribution in [0, 0.1) is 5.82 Å². The predicted octanol–water partition coefficient (Wildman–Crippen LogP) is 4.52. The van der Waals surface area contributed by atoms with E-state index < -0.39 is 10.8 Å². The fraction of sp³-hybridized carbons (Fsp3) is 0.571. The monoisotopic (exact) mass is 290 g/mol. The van der Waals surface area contributed by atoms with Crippen LogP contribution in [0.5, 0.6) is 0 Å². The molecule has 0 amide bonds. The Morgan fingerprint density at radius 2 is 2.00 bits per heavy atom. The predicted molar refractivity (Wildman–Crippen MR) is 77.2 cm³/mol. The van der Waals surface area contributed by atoms with E-state index in [-0.39, 0.29) is 16.5 Å². The van der Waals surface area contributed by atoms with E-state index in [9.17, 15) is 8.60 Å². The lowest BCUT2D eigenvalue weighted by molar-refractivity contribution is 0.579. The van der Waals surface area contributed by atoms with E-state index >= 15 is 0 Å². The van der Waals surface area contributed by atoms with Gasteiger partial charge in [0.05, 0.1) is 0 Å². The van der Waals surface area contributed by atoms with Gasteiger partial charge in [0.15, 0.2) is 0 Å². The molecule has 0 fully saturated rings. The van der Waals surface area contributed by atoms with Crippen molar-refractivity contribution in [2.45, 2.75) is 44.8 Å². The largest absolute Gasteiger partial charge is 0.259 e. The average Bonchev–Trinajstić information content (AvgIpc) is 2.25. The first-order valence-corrected chi connectivity index (χ1v) is 7.78. The molecule has 0 aliphatic rings. The Labute approximate surface area is 116 Å². The van der Waals surface area contributed by atoms with Gasteiger partial charge in [-0.05, 0) is 50.8 Å². The molecule has 0 spiro atoms. The van der Waals surface area contributed by atoms with Crippen molar-refractivity contribution in [1.82, 2.24) is 0 Å². The van der Waals surface area contributed by atoms with Gasteiger partial charge in [0.25, 0.3) is 0 Å². The van der Waals surface area contributed by atoms with Crippen molar-refractivity contribution in [3.63, 3.8) is 0 Å². The smallest absolute Gasteiger partial charge is 0.128 e. The molecule has 0 aliphatic carbocycles. The molecule has 0 bridgehead atoms. The number of benzene rings is 1. The zero-order valence-electron chi connectivity index (χ0n) is 11.3. The van der Waals surface area contributed by atoms with Crippen molar-refractivity contribution < 1.29 is 8.60 Å². The number of rotatable bonds is 4. The van der Waals surface area contributed by atoms with Gasteiger partial charge < -0.3 is 0 Å². The first kappa shape index (κ1) is 15.6. The molecule has 0 unspecified atom stereocenters. The maximum atomic E-state index is 13.9. The third-order valence-corrected chi connectivity index (χ3v) is 5.24. The van der Waals surface area contributed by atoms with Gasteiger partial charge in [-0.3, -0.25) is 4.21 Å². The van der Waals surface area contributed by atoms with Crippen LogP contribution in [0.25, 0.3) is 0 Å². The highest BCUT2D eigenvalue weighted by molar-refractivity contribution is 7.86.